The van der Waals surface area contributed by atoms with Crippen LogP contribution in [0.25, 0.3) is 0 Å². The van der Waals surface area contributed by atoms with E-state index < -0.39 is 36.0 Å². The first kappa shape index (κ1) is 81.6. The van der Waals surface area contributed by atoms with E-state index in [4.69, 9.17) is 41.2 Å². The number of carboxylic acid groups (broad SMARTS) is 2. The topological polar surface area (TPSA) is 427 Å². The maximum Gasteiger partial charge on any atom is 0.343 e. The molecule has 27 heteroatoms. The molecule has 4 aromatic carbocycles. The zero-order valence-electron chi connectivity index (χ0n) is 56.5. The van der Waals surface area contributed by atoms with E-state index in [-0.39, 0.29) is 78.9 Å². The van der Waals surface area contributed by atoms with E-state index in [2.05, 4.69) is 42.5 Å². The minimum atomic E-state index is -1.07. The quantitative estimate of drug-likeness (QED) is 0.00733. The summed E-state index contributed by atoms with van der Waals surface area (Å²) in [5, 5.41) is 56.1. The fraction of sp³-hybridized carbons (Fsp3) is 0.500. The van der Waals surface area contributed by atoms with Crippen LogP contribution >= 0.6 is 0 Å². The Morgan fingerprint density at radius 2 is 0.753 bits per heavy atom. The molecule has 0 saturated heterocycles. The van der Waals surface area contributed by atoms with Crippen molar-refractivity contribution in [2.75, 3.05) is 66.6 Å². The Hall–Kier alpha value is -9.63. The maximum absolute atomic E-state index is 12.4. The SMILES string of the molecule is CNCCCCC(C)C(=O)NC(CCCCNC(=O)CCCC(=O)NCCCOc1ccc(C(=O)Oc2ccc(CC(=N)N)cc2)cc1)C(=O)O.CNCCCCC(C)C(=O)NC(CCCCNC(=O)NCCCOc1ccc(C(=O)Oc2ccc(CC(=N)N)cc2)cc1)C(=O)O. The van der Waals surface area contributed by atoms with E-state index in [0.29, 0.717) is 144 Å². The average Bonchev–Trinajstić information content (AvgIpc) is 1.15. The molecule has 532 valence electrons. The van der Waals surface area contributed by atoms with Crippen molar-refractivity contribution in [2.45, 2.75) is 148 Å². The molecule has 0 aliphatic carbocycles. The molecular weight excluding hydrogens is 1250 g/mol. The third-order valence-electron chi connectivity index (χ3n) is 15.0. The van der Waals surface area contributed by atoms with Gasteiger partial charge in [-0.25, -0.2) is 24.0 Å². The van der Waals surface area contributed by atoms with Crippen LogP contribution in [-0.2, 0) is 41.6 Å². The molecule has 4 aromatic rings. The number of carbonyl (C=O) groups is 9. The second-order valence-corrected chi connectivity index (χ2v) is 23.5. The summed E-state index contributed by atoms with van der Waals surface area (Å²) in [5.41, 5.74) is 13.2. The average molecular weight is 1350 g/mol. The molecule has 0 aliphatic rings. The molecule has 4 atom stereocenters. The number of amidine groups is 2. The fourth-order valence-corrected chi connectivity index (χ4v) is 9.39. The van der Waals surface area contributed by atoms with Crippen LogP contribution in [0.2, 0.25) is 0 Å². The lowest BCUT2D eigenvalue weighted by Crippen LogP contribution is -2.43. The summed E-state index contributed by atoms with van der Waals surface area (Å²) >= 11 is 0. The Bertz CT molecular complexity index is 3060. The van der Waals surface area contributed by atoms with Crippen LogP contribution in [0.15, 0.2) is 97.1 Å². The summed E-state index contributed by atoms with van der Waals surface area (Å²) in [6.45, 7) is 7.65. The van der Waals surface area contributed by atoms with Gasteiger partial charge < -0.3 is 83.2 Å². The van der Waals surface area contributed by atoms with Crippen LogP contribution in [0.1, 0.15) is 155 Å². The van der Waals surface area contributed by atoms with Crippen molar-refractivity contribution >= 4 is 65.2 Å². The lowest BCUT2D eigenvalue weighted by molar-refractivity contribution is -0.143. The molecule has 4 rings (SSSR count). The Morgan fingerprint density at radius 3 is 1.11 bits per heavy atom. The zero-order valence-corrected chi connectivity index (χ0v) is 56.5. The monoisotopic (exact) mass is 1350 g/mol. The molecule has 0 bridgehead atoms. The van der Waals surface area contributed by atoms with Crippen LogP contribution in [0.3, 0.4) is 0 Å². The van der Waals surface area contributed by atoms with Gasteiger partial charge in [0.1, 0.15) is 35.1 Å². The third-order valence-corrected chi connectivity index (χ3v) is 15.0. The van der Waals surface area contributed by atoms with E-state index >= 15 is 0 Å². The molecule has 0 spiro atoms. The molecule has 27 nitrogen and oxygen atoms in total. The Labute approximate surface area is 568 Å². The Morgan fingerprint density at radius 1 is 0.423 bits per heavy atom. The van der Waals surface area contributed by atoms with E-state index in [0.717, 1.165) is 49.9 Å². The highest BCUT2D eigenvalue weighted by Gasteiger charge is 2.24. The van der Waals surface area contributed by atoms with Crippen molar-refractivity contribution in [3.05, 3.63) is 119 Å². The molecule has 0 fully saturated rings. The molecule has 97 heavy (non-hydrogen) atoms. The highest BCUT2D eigenvalue weighted by Crippen LogP contribution is 2.20. The lowest BCUT2D eigenvalue weighted by atomic mass is 10.0. The number of aliphatic carboxylic acids is 2. The summed E-state index contributed by atoms with van der Waals surface area (Å²) in [6.07, 6.45) is 10.5. The van der Waals surface area contributed by atoms with Gasteiger partial charge >= 0.3 is 29.9 Å². The van der Waals surface area contributed by atoms with E-state index in [1.165, 1.54) is 0 Å². The minimum Gasteiger partial charge on any atom is -0.494 e. The second kappa shape index (κ2) is 48.1. The number of hydrogen-bond acceptors (Lipinski definition) is 17. The summed E-state index contributed by atoms with van der Waals surface area (Å²) in [4.78, 5) is 109. The standard InChI is InChI=1S/C37H54N6O8.C33H48N6O7/c1-26(9-3-5-21-40-2)35(46)43-31(36(47)48)10-4-6-22-41-33(44)11-7-12-34(45)42-23-8-24-50-29-19-15-28(16-20-29)37(49)51-30-17-13-27(14-18-30)25-32(38)39;1-23(8-3-5-18-36-2)30(40)39-28(31(41)42)9-4-6-19-37-33(44)38-20-7-21-45-26-16-12-25(13-17-26)32(43)46-27-14-10-24(11-15-27)22-29(34)35/h13-20,26,31,40H,3-12,21-25H2,1-2H3,(H3,38,39)(H,41,44)(H,42,45)(H,43,46)(H,47,48);10-17,23,28,36H,3-9,18-22H2,1-2H3,(H3,34,35)(H,39,40)(H,41,42)(H2,37,38,44). The lowest BCUT2D eigenvalue weighted by Gasteiger charge is -2.18. The second-order valence-electron chi connectivity index (χ2n) is 23.5. The molecule has 6 amide bonds. The van der Waals surface area contributed by atoms with Crippen LogP contribution in [0, 0.1) is 22.7 Å². The first-order valence-corrected chi connectivity index (χ1v) is 33.2. The number of esters is 2. The number of benzene rings is 4. The summed E-state index contributed by atoms with van der Waals surface area (Å²) in [7, 11) is 3.75. The normalized spacial score (nSPS) is 11.9. The van der Waals surface area contributed by atoms with E-state index in [9.17, 15) is 53.4 Å². The molecule has 0 saturated carbocycles. The Balaban J connectivity index is 0.000000508. The molecular formula is C70H102N12O15. The summed E-state index contributed by atoms with van der Waals surface area (Å²) < 4.78 is 22.1. The molecule has 16 N–H and O–H groups in total. The van der Waals surface area contributed by atoms with Gasteiger partial charge in [-0.15, -0.1) is 0 Å². The van der Waals surface area contributed by atoms with Gasteiger partial charge in [0.2, 0.25) is 23.6 Å². The van der Waals surface area contributed by atoms with Gasteiger partial charge in [0.25, 0.3) is 0 Å². The predicted octanol–water partition coefficient (Wildman–Crippen LogP) is 6.54. The van der Waals surface area contributed by atoms with Gasteiger partial charge in [-0.3, -0.25) is 30.0 Å². The third kappa shape index (κ3) is 37.3. The number of urea groups is 1. The molecule has 0 radical (unpaired) electrons. The van der Waals surface area contributed by atoms with Crippen molar-refractivity contribution in [1.29, 1.82) is 10.8 Å². The molecule has 0 heterocycles. The molecule has 0 aliphatic heterocycles. The van der Waals surface area contributed by atoms with Crippen molar-refractivity contribution < 1.29 is 72.3 Å². The van der Waals surface area contributed by atoms with Crippen LogP contribution in [-0.4, -0.2) is 154 Å². The number of nitrogens with two attached hydrogens (primary N) is 2. The van der Waals surface area contributed by atoms with Crippen molar-refractivity contribution in [3.8, 4) is 23.0 Å². The van der Waals surface area contributed by atoms with Gasteiger partial charge in [0.05, 0.1) is 36.0 Å². The van der Waals surface area contributed by atoms with Crippen LogP contribution in [0.5, 0.6) is 23.0 Å². The number of ether oxygens (including phenoxy) is 4. The number of carboxylic acids is 2. The number of hydrogen-bond donors (Lipinski definition) is 14. The molecule has 4 unspecified atom stereocenters. The summed E-state index contributed by atoms with van der Waals surface area (Å²) in [6, 6.07) is 24.4. The van der Waals surface area contributed by atoms with Gasteiger partial charge in [0, 0.05) is 63.7 Å². The van der Waals surface area contributed by atoms with Crippen molar-refractivity contribution in [2.24, 2.45) is 23.3 Å². The van der Waals surface area contributed by atoms with Gasteiger partial charge in [-0.05, 0) is 195 Å². The van der Waals surface area contributed by atoms with Gasteiger partial charge in [0.15, 0.2) is 0 Å². The van der Waals surface area contributed by atoms with Crippen LogP contribution in [0.4, 0.5) is 4.79 Å². The van der Waals surface area contributed by atoms with Crippen LogP contribution < -0.4 is 72.9 Å². The first-order valence-electron chi connectivity index (χ1n) is 33.2. The number of unbranched alkanes of at least 4 members (excludes halogenated alkanes) is 4. The highest BCUT2D eigenvalue weighted by atomic mass is 16.5. The Kier molecular flexibility index (Phi) is 40.5. The van der Waals surface area contributed by atoms with Gasteiger partial charge in [-0.1, -0.05) is 51.0 Å². The number of rotatable bonds is 48. The minimum absolute atomic E-state index is 0.0551. The van der Waals surface area contributed by atoms with Crippen molar-refractivity contribution in [1.82, 2.24) is 42.5 Å². The predicted molar refractivity (Wildman–Crippen MR) is 369 cm³/mol. The molecule has 0 aromatic heterocycles. The largest absolute Gasteiger partial charge is 0.494 e. The highest BCUT2D eigenvalue weighted by molar-refractivity contribution is 5.92. The van der Waals surface area contributed by atoms with E-state index in [1.807, 2.05) is 21.0 Å². The number of carbonyl (C=O) groups excluding carboxylic acids is 7. The number of nitrogens with one attached hydrogen (secondary N) is 10. The first-order chi connectivity index (χ1) is 46.6. The maximum atomic E-state index is 12.4. The van der Waals surface area contributed by atoms with Gasteiger partial charge in [-0.2, -0.15) is 0 Å². The number of amides is 6. The smallest absolute Gasteiger partial charge is 0.343 e. The summed E-state index contributed by atoms with van der Waals surface area (Å²) in [5.74, 6) is -2.47. The fourth-order valence-electron chi connectivity index (χ4n) is 9.39. The van der Waals surface area contributed by atoms with Crippen molar-refractivity contribution in [3.63, 3.8) is 0 Å². The zero-order chi connectivity index (χ0) is 71.2. The van der Waals surface area contributed by atoms with E-state index in [1.54, 1.807) is 104 Å².